The van der Waals surface area contributed by atoms with Gasteiger partial charge in [-0.25, -0.2) is 8.78 Å². The van der Waals surface area contributed by atoms with Gasteiger partial charge in [-0.2, -0.15) is 0 Å². The molecule has 6 rings (SSSR count). The van der Waals surface area contributed by atoms with Crippen LogP contribution >= 0.6 is 0 Å². The minimum absolute atomic E-state index is 0.00369. The number of hydrogen-bond donors (Lipinski definition) is 2. The molecule has 0 aromatic heterocycles. The van der Waals surface area contributed by atoms with Gasteiger partial charge >= 0.3 is 0 Å². The molecule has 3 atom stereocenters. The third-order valence-corrected chi connectivity index (χ3v) is 6.35. The van der Waals surface area contributed by atoms with Crippen LogP contribution in [0, 0.1) is 11.6 Å². The lowest BCUT2D eigenvalue weighted by Gasteiger charge is -2.47. The van der Waals surface area contributed by atoms with Gasteiger partial charge in [-0.15, -0.1) is 0 Å². The van der Waals surface area contributed by atoms with E-state index in [-0.39, 0.29) is 36.8 Å². The van der Waals surface area contributed by atoms with Crippen molar-refractivity contribution in [2.45, 2.75) is 62.7 Å². The van der Waals surface area contributed by atoms with E-state index in [4.69, 9.17) is 0 Å². The van der Waals surface area contributed by atoms with E-state index in [1.165, 1.54) is 4.90 Å². The van der Waals surface area contributed by atoms with E-state index in [0.29, 0.717) is 23.2 Å². The van der Waals surface area contributed by atoms with Gasteiger partial charge in [0, 0.05) is 31.1 Å². The number of amides is 3. The summed E-state index contributed by atoms with van der Waals surface area (Å²) in [6, 6.07) is 0.655. The minimum Gasteiger partial charge on any atom is -0.322 e. The summed E-state index contributed by atoms with van der Waals surface area (Å²) >= 11 is 0. The van der Waals surface area contributed by atoms with Crippen LogP contribution in [0.4, 0.5) is 8.78 Å². The Bertz CT molecular complexity index is 871. The summed E-state index contributed by atoms with van der Waals surface area (Å²) in [5, 5.41) is 5.62. The number of carbonyl (C=O) groups is 3. The van der Waals surface area contributed by atoms with E-state index >= 15 is 0 Å². The summed E-state index contributed by atoms with van der Waals surface area (Å²) in [6.07, 6.45) is 2.91. The fourth-order valence-corrected chi connectivity index (χ4v) is 5.14. The third-order valence-electron chi connectivity index (χ3n) is 6.35. The molecule has 1 aliphatic carbocycles. The third kappa shape index (κ3) is 2.50. The molecule has 3 saturated heterocycles. The monoisotopic (exact) mass is 375 g/mol. The summed E-state index contributed by atoms with van der Waals surface area (Å²) in [7, 11) is 0. The fourth-order valence-electron chi connectivity index (χ4n) is 5.14. The highest BCUT2D eigenvalue weighted by atomic mass is 19.1. The molecule has 2 N–H and O–H groups in total. The predicted molar refractivity (Wildman–Crippen MR) is 89.7 cm³/mol. The van der Waals surface area contributed by atoms with Gasteiger partial charge in [-0.3, -0.25) is 19.7 Å². The maximum Gasteiger partial charge on any atom is 0.258 e. The van der Waals surface area contributed by atoms with Gasteiger partial charge in [-0.1, -0.05) is 0 Å². The van der Waals surface area contributed by atoms with Crippen molar-refractivity contribution in [3.8, 4) is 0 Å². The van der Waals surface area contributed by atoms with Gasteiger partial charge in [0.15, 0.2) is 0 Å². The molecule has 4 heterocycles. The fraction of sp³-hybridized carbons (Fsp3) is 0.526. The molecule has 2 bridgehead atoms. The number of hydrogen-bond acceptors (Lipinski definition) is 4. The quantitative estimate of drug-likeness (QED) is 0.765. The van der Waals surface area contributed by atoms with Crippen molar-refractivity contribution in [2.75, 3.05) is 0 Å². The SMILES string of the molecule is O=C1CCC(N2Cc3c(c(F)cc(F)c3C3CC4CC(C3)N4)C2=O)C(=O)N1. The molecule has 27 heavy (non-hydrogen) atoms. The largest absolute Gasteiger partial charge is 0.322 e. The molecule has 1 aromatic rings. The molecule has 8 heteroatoms. The number of fused-ring (bicyclic) bond motifs is 3. The van der Waals surface area contributed by atoms with Crippen molar-refractivity contribution in [3.63, 3.8) is 0 Å². The van der Waals surface area contributed by atoms with E-state index in [1.807, 2.05) is 0 Å². The second-order valence-corrected chi connectivity index (χ2v) is 7.97. The highest BCUT2D eigenvalue weighted by Crippen LogP contribution is 2.44. The number of piperidine rings is 2. The van der Waals surface area contributed by atoms with Crippen molar-refractivity contribution in [2.24, 2.45) is 0 Å². The van der Waals surface area contributed by atoms with E-state index in [2.05, 4.69) is 10.6 Å². The Morgan fingerprint density at radius 3 is 2.41 bits per heavy atom. The van der Waals surface area contributed by atoms with Crippen LogP contribution in [0.15, 0.2) is 6.07 Å². The summed E-state index contributed by atoms with van der Waals surface area (Å²) < 4.78 is 29.2. The Kier molecular flexibility index (Phi) is 3.62. The van der Waals surface area contributed by atoms with Crippen molar-refractivity contribution in [1.82, 2.24) is 15.5 Å². The molecule has 1 saturated carbocycles. The van der Waals surface area contributed by atoms with Crippen LogP contribution < -0.4 is 10.6 Å². The lowest BCUT2D eigenvalue weighted by Crippen LogP contribution is -2.57. The lowest BCUT2D eigenvalue weighted by molar-refractivity contribution is -0.136. The zero-order chi connectivity index (χ0) is 18.9. The van der Waals surface area contributed by atoms with Crippen LogP contribution in [0.5, 0.6) is 0 Å². The molecule has 0 spiro atoms. The molecule has 0 radical (unpaired) electrons. The van der Waals surface area contributed by atoms with E-state index in [0.717, 1.165) is 25.3 Å². The van der Waals surface area contributed by atoms with Crippen molar-refractivity contribution < 1.29 is 23.2 Å². The second-order valence-electron chi connectivity index (χ2n) is 7.97. The van der Waals surface area contributed by atoms with Gasteiger partial charge in [-0.05, 0) is 42.7 Å². The first-order valence-corrected chi connectivity index (χ1v) is 9.34. The Morgan fingerprint density at radius 2 is 1.74 bits per heavy atom. The molecule has 4 fully saturated rings. The Morgan fingerprint density at radius 1 is 1.04 bits per heavy atom. The molecule has 3 amide bonds. The molecule has 3 unspecified atom stereocenters. The molecule has 6 nitrogen and oxygen atoms in total. The summed E-state index contributed by atoms with van der Waals surface area (Å²) in [5.74, 6) is -3.10. The van der Waals surface area contributed by atoms with Crippen LogP contribution in [0.1, 0.15) is 59.5 Å². The second kappa shape index (κ2) is 5.82. The standard InChI is InChI=1S/C19H19F2N3O3/c20-12-6-13(21)17-11(16(12)8-3-9-5-10(4-8)22-9)7-24(19(17)27)14-1-2-15(25)23-18(14)26/h6,8-10,14,22H,1-5,7H2,(H,23,25,26). The first-order valence-electron chi connectivity index (χ1n) is 9.34. The van der Waals surface area contributed by atoms with Crippen LogP contribution in [-0.2, 0) is 16.1 Å². The summed E-state index contributed by atoms with van der Waals surface area (Å²) in [6.45, 7) is 0.00369. The number of halogens is 2. The first-order chi connectivity index (χ1) is 12.9. The van der Waals surface area contributed by atoms with Crippen molar-refractivity contribution in [1.29, 1.82) is 0 Å². The summed E-state index contributed by atoms with van der Waals surface area (Å²) in [4.78, 5) is 37.7. The normalized spacial score (nSPS) is 32.2. The average Bonchev–Trinajstić information content (AvgIpc) is 2.92. The zero-order valence-corrected chi connectivity index (χ0v) is 14.6. The average molecular weight is 375 g/mol. The zero-order valence-electron chi connectivity index (χ0n) is 14.6. The van der Waals surface area contributed by atoms with Crippen molar-refractivity contribution in [3.05, 3.63) is 34.4 Å². The topological polar surface area (TPSA) is 78.5 Å². The first kappa shape index (κ1) is 16.8. The number of nitrogens with one attached hydrogen (secondary N) is 2. The number of carbonyl (C=O) groups excluding carboxylic acids is 3. The number of nitrogens with zero attached hydrogens (tertiary/aromatic N) is 1. The molecule has 5 aliphatic rings. The highest BCUT2D eigenvalue weighted by Gasteiger charge is 2.45. The molecule has 142 valence electrons. The Balaban J connectivity index is 1.51. The highest BCUT2D eigenvalue weighted by molar-refractivity contribution is 6.05. The Hall–Kier alpha value is -2.35. The number of rotatable bonds is 2. The molecular weight excluding hydrogens is 356 g/mol. The van der Waals surface area contributed by atoms with Crippen LogP contribution in [0.2, 0.25) is 0 Å². The molecule has 1 aromatic carbocycles. The maximum atomic E-state index is 14.7. The van der Waals surface area contributed by atoms with Crippen LogP contribution in [0.25, 0.3) is 0 Å². The van der Waals surface area contributed by atoms with Gasteiger partial charge in [0.25, 0.3) is 5.91 Å². The Labute approximate surface area is 154 Å². The van der Waals surface area contributed by atoms with Gasteiger partial charge < -0.3 is 10.2 Å². The van der Waals surface area contributed by atoms with Gasteiger partial charge in [0.05, 0.1) is 5.56 Å². The van der Waals surface area contributed by atoms with E-state index in [1.54, 1.807) is 0 Å². The number of benzene rings is 1. The van der Waals surface area contributed by atoms with E-state index < -0.39 is 29.5 Å². The number of imide groups is 1. The lowest BCUT2D eigenvalue weighted by atomic mass is 9.72. The molecule has 4 aliphatic heterocycles. The predicted octanol–water partition coefficient (Wildman–Crippen LogP) is 1.33. The maximum absolute atomic E-state index is 14.7. The minimum atomic E-state index is -0.884. The van der Waals surface area contributed by atoms with Gasteiger partial charge in [0.2, 0.25) is 11.8 Å². The van der Waals surface area contributed by atoms with Crippen LogP contribution in [-0.4, -0.2) is 40.7 Å². The summed E-state index contributed by atoms with van der Waals surface area (Å²) in [5.41, 5.74) is 0.669. The van der Waals surface area contributed by atoms with Crippen molar-refractivity contribution >= 4 is 17.7 Å². The molecular formula is C19H19F2N3O3. The smallest absolute Gasteiger partial charge is 0.258 e. The van der Waals surface area contributed by atoms with Crippen LogP contribution in [0.3, 0.4) is 0 Å². The van der Waals surface area contributed by atoms with E-state index in [9.17, 15) is 23.2 Å². The van der Waals surface area contributed by atoms with Gasteiger partial charge in [0.1, 0.15) is 17.7 Å².